The molecule has 0 bridgehead atoms. The second-order valence-corrected chi connectivity index (χ2v) is 11.9. The van der Waals surface area contributed by atoms with E-state index in [4.69, 9.17) is 0 Å². The molecule has 0 atom stereocenters. The van der Waals surface area contributed by atoms with E-state index in [1.807, 2.05) is 12.2 Å². The molecule has 40 heavy (non-hydrogen) atoms. The Balaban J connectivity index is 0.000000239. The first-order valence-electron chi connectivity index (χ1n) is 13.3. The van der Waals surface area contributed by atoms with Crippen LogP contribution in [-0.2, 0) is 35.1 Å². The maximum Gasteiger partial charge on any atom is -0.0771 e. The van der Waals surface area contributed by atoms with E-state index >= 15 is 0 Å². The molecule has 6 rings (SSSR count). The van der Waals surface area contributed by atoms with Crippen molar-refractivity contribution in [2.24, 2.45) is 0 Å². The molecule has 204 valence electrons. The third-order valence-electron chi connectivity index (χ3n) is 7.35. The Kier molecular flexibility index (Phi) is 13.1. The largest absolute Gasteiger partial charge is 1.00 e. The van der Waals surface area contributed by atoms with Gasteiger partial charge < -0.3 is 24.8 Å². The second kappa shape index (κ2) is 15.5. The Morgan fingerprint density at radius 3 is 1.38 bits per heavy atom. The summed E-state index contributed by atoms with van der Waals surface area (Å²) in [5.74, 6) is 0. The van der Waals surface area contributed by atoms with Crippen LogP contribution in [0.2, 0.25) is 0 Å². The summed E-state index contributed by atoms with van der Waals surface area (Å²) < 4.78 is 1.58. The van der Waals surface area contributed by atoms with Gasteiger partial charge in [0.1, 0.15) is 0 Å². The molecule has 0 amide bonds. The average Bonchev–Trinajstić information content (AvgIpc) is 3.66. The first-order chi connectivity index (χ1) is 18.3. The fourth-order valence-electron chi connectivity index (χ4n) is 5.02. The van der Waals surface area contributed by atoms with E-state index in [-0.39, 0.29) is 35.6 Å². The predicted molar refractivity (Wildman–Crippen MR) is 163 cm³/mol. The van der Waals surface area contributed by atoms with Gasteiger partial charge in [-0.15, -0.1) is 46.2 Å². The van der Waals surface area contributed by atoms with Gasteiger partial charge in [0.05, 0.1) is 0 Å². The van der Waals surface area contributed by atoms with Crippen molar-refractivity contribution >= 4 is 24.8 Å². The van der Waals surface area contributed by atoms with E-state index in [0.717, 1.165) is 6.42 Å². The van der Waals surface area contributed by atoms with Gasteiger partial charge in [0.2, 0.25) is 0 Å². The monoisotopic (exact) mass is 640 g/mol. The van der Waals surface area contributed by atoms with E-state index in [2.05, 4.69) is 155 Å². The standard InChI is InChI=1S/C19H22.C13H9.C5H5.2ClH.Zr/c1-18(2,16-11-7-5-8-12-16)15-19(3,4)17-13-9-6-10-14-17;1-3-7-12-10(5-1)9-11-6-2-4-8-13(11)12;1-2-4-5-3-1;;;/h5-14H,1-4H3;1-9H;1-3H,4H2;2*1H;/q;2*-1;;;+2/p-2. The minimum Gasteiger partial charge on any atom is -1.00 e. The molecular weight excluding hydrogens is 607 g/mol. The summed E-state index contributed by atoms with van der Waals surface area (Å²) in [4.78, 5) is 0. The Labute approximate surface area is 267 Å². The molecule has 0 N–H and O–H groups in total. The molecule has 0 saturated heterocycles. The van der Waals surface area contributed by atoms with Crippen LogP contribution < -0.4 is 24.8 Å². The van der Waals surface area contributed by atoms with E-state index in [0.29, 0.717) is 0 Å². The van der Waals surface area contributed by atoms with Gasteiger partial charge in [-0.05, 0) is 0 Å². The molecule has 0 heterocycles. The fourth-order valence-corrected chi connectivity index (χ4v) is 5.73. The van der Waals surface area contributed by atoms with Crippen LogP contribution in [0.3, 0.4) is 0 Å². The van der Waals surface area contributed by atoms with Crippen LogP contribution in [0.4, 0.5) is 0 Å². The van der Waals surface area contributed by atoms with Gasteiger partial charge in [-0.1, -0.05) is 36.4 Å². The first kappa shape index (κ1) is 33.8. The maximum absolute atomic E-state index is 2.99. The summed E-state index contributed by atoms with van der Waals surface area (Å²) in [6.07, 6.45) is 10.0. The van der Waals surface area contributed by atoms with Crippen LogP contribution in [-0.4, -0.2) is 3.21 Å². The number of halogens is 2. The molecular formula is C37H36Cl2Zr-2. The molecule has 0 radical (unpaired) electrons. The molecule has 0 saturated carbocycles. The number of fused-ring (bicyclic) bond motifs is 3. The van der Waals surface area contributed by atoms with Gasteiger partial charge in [-0.2, -0.15) is 6.08 Å². The number of rotatable bonds is 4. The van der Waals surface area contributed by atoms with Crippen molar-refractivity contribution in [3.63, 3.8) is 0 Å². The molecule has 0 aliphatic heterocycles. The SMILES string of the molecule is CC(C)([C](=[Zr+2])C(C)(C)c1ccccc1)c1ccccc1.[C-]1=CC=CC1.[Cl-].[Cl-].c1ccc2c(c1)[cH-]c1ccccc12. The Hall–Kier alpha value is -2.44. The summed E-state index contributed by atoms with van der Waals surface area (Å²) in [5.41, 5.74) is 2.99. The summed E-state index contributed by atoms with van der Waals surface area (Å²) in [6.45, 7) is 9.38. The molecule has 3 heteroatoms. The average molecular weight is 643 g/mol. The van der Waals surface area contributed by atoms with Crippen molar-refractivity contribution in [3.05, 3.63) is 151 Å². The molecule has 0 nitrogen and oxygen atoms in total. The Morgan fingerprint density at radius 2 is 1.02 bits per heavy atom. The van der Waals surface area contributed by atoms with E-state index in [1.54, 1.807) is 3.21 Å². The van der Waals surface area contributed by atoms with Crippen LogP contribution in [0.25, 0.3) is 21.5 Å². The topological polar surface area (TPSA) is 0 Å². The van der Waals surface area contributed by atoms with Crippen molar-refractivity contribution in [3.8, 4) is 0 Å². The zero-order valence-electron chi connectivity index (χ0n) is 23.7. The third kappa shape index (κ3) is 8.07. The summed E-state index contributed by atoms with van der Waals surface area (Å²) in [7, 11) is 0. The molecule has 1 aliphatic carbocycles. The van der Waals surface area contributed by atoms with Crippen LogP contribution >= 0.6 is 0 Å². The predicted octanol–water partition coefficient (Wildman–Crippen LogP) is 3.69. The Morgan fingerprint density at radius 1 is 0.625 bits per heavy atom. The number of hydrogen-bond acceptors (Lipinski definition) is 0. The van der Waals surface area contributed by atoms with E-state index in [1.165, 1.54) is 56.9 Å². The summed E-state index contributed by atoms with van der Waals surface area (Å²) in [5, 5.41) is 5.39. The van der Waals surface area contributed by atoms with Crippen LogP contribution in [0.1, 0.15) is 45.2 Å². The smallest absolute Gasteiger partial charge is 0.0771 e. The van der Waals surface area contributed by atoms with E-state index < -0.39 is 0 Å². The van der Waals surface area contributed by atoms with Gasteiger partial charge >= 0.3 is 138 Å². The molecule has 5 aromatic rings. The van der Waals surface area contributed by atoms with Gasteiger partial charge in [-0.3, -0.25) is 6.08 Å². The molecule has 1 aliphatic rings. The Bertz CT molecular complexity index is 1430. The van der Waals surface area contributed by atoms with Crippen LogP contribution in [0.5, 0.6) is 0 Å². The fraction of sp³-hybridized carbons (Fsp3) is 0.189. The minimum atomic E-state index is 0. The summed E-state index contributed by atoms with van der Waals surface area (Å²) in [6, 6.07) is 41.0. The molecule has 5 aromatic carbocycles. The van der Waals surface area contributed by atoms with E-state index in [9.17, 15) is 0 Å². The van der Waals surface area contributed by atoms with Crippen molar-refractivity contribution in [1.82, 2.24) is 0 Å². The van der Waals surface area contributed by atoms with Gasteiger partial charge in [0.15, 0.2) is 0 Å². The zero-order valence-corrected chi connectivity index (χ0v) is 27.6. The maximum atomic E-state index is 2.99. The molecule has 0 unspecified atom stereocenters. The van der Waals surface area contributed by atoms with Gasteiger partial charge in [0.25, 0.3) is 0 Å². The molecule has 0 aromatic heterocycles. The van der Waals surface area contributed by atoms with Gasteiger partial charge in [-0.25, -0.2) is 12.2 Å². The van der Waals surface area contributed by atoms with Crippen molar-refractivity contribution in [2.45, 2.75) is 44.9 Å². The third-order valence-corrected chi connectivity index (χ3v) is 10.4. The number of hydrogen-bond donors (Lipinski definition) is 0. The zero-order chi connectivity index (χ0) is 27.0. The normalized spacial score (nSPS) is 11.9. The first-order valence-corrected chi connectivity index (χ1v) is 14.5. The minimum absolute atomic E-state index is 0. The molecule has 0 spiro atoms. The van der Waals surface area contributed by atoms with Crippen molar-refractivity contribution < 1.29 is 49.0 Å². The van der Waals surface area contributed by atoms with Crippen molar-refractivity contribution in [1.29, 1.82) is 0 Å². The quantitative estimate of drug-likeness (QED) is 0.263. The molecule has 0 fully saturated rings. The van der Waals surface area contributed by atoms with Crippen LogP contribution in [0, 0.1) is 6.08 Å². The van der Waals surface area contributed by atoms with Gasteiger partial charge in [0, 0.05) is 0 Å². The van der Waals surface area contributed by atoms with Crippen molar-refractivity contribution in [2.75, 3.05) is 0 Å². The summed E-state index contributed by atoms with van der Waals surface area (Å²) >= 11 is 1.51. The second-order valence-electron chi connectivity index (χ2n) is 10.7. The van der Waals surface area contributed by atoms with Crippen LogP contribution in [0.15, 0.2) is 133 Å². The number of allylic oxidation sites excluding steroid dienone is 4. The number of benzene rings is 4.